The fourth-order valence-electron chi connectivity index (χ4n) is 0.682. The number of carboxylic acid groups (broad SMARTS) is 1. The van der Waals surface area contributed by atoms with Gasteiger partial charge in [-0.2, -0.15) is 0 Å². The predicted molar refractivity (Wildman–Crippen MR) is 47.2 cm³/mol. The molecule has 0 saturated carbocycles. The van der Waals surface area contributed by atoms with Crippen molar-refractivity contribution in [1.82, 2.24) is 5.32 Å². The number of hydrogen-bond acceptors (Lipinski definition) is 4. The Morgan fingerprint density at radius 2 is 2.00 bits per heavy atom. The molecule has 0 aromatic rings. The SMILES string of the molecule is COC(=O)NC(C(=O)O)C(C)S(=O)O. The van der Waals surface area contributed by atoms with Crippen molar-refractivity contribution in [2.45, 2.75) is 18.2 Å². The normalized spacial score (nSPS) is 16.5. The molecule has 1 amide bonds. The Kier molecular flexibility index (Phi) is 5.10. The lowest BCUT2D eigenvalue weighted by Crippen LogP contribution is -2.49. The topological polar surface area (TPSA) is 113 Å². The number of hydrogen-bond donors (Lipinski definition) is 3. The summed E-state index contributed by atoms with van der Waals surface area (Å²) in [5, 5.41) is 9.44. The van der Waals surface area contributed by atoms with Crippen molar-refractivity contribution >= 4 is 23.1 Å². The summed E-state index contributed by atoms with van der Waals surface area (Å²) in [6.45, 7) is 1.23. The second kappa shape index (κ2) is 5.55. The molecule has 0 saturated heterocycles. The Bertz CT molecular complexity index is 255. The Hall–Kier alpha value is -1.15. The van der Waals surface area contributed by atoms with Gasteiger partial charge in [-0.05, 0) is 6.92 Å². The lowest BCUT2D eigenvalue weighted by molar-refractivity contribution is -0.139. The molecule has 82 valence electrons. The number of carboxylic acids is 1. The molecule has 0 fully saturated rings. The van der Waals surface area contributed by atoms with Crippen molar-refractivity contribution in [1.29, 1.82) is 0 Å². The van der Waals surface area contributed by atoms with Gasteiger partial charge < -0.3 is 19.7 Å². The van der Waals surface area contributed by atoms with Gasteiger partial charge in [0.25, 0.3) is 0 Å². The molecular weight excluding hydrogens is 214 g/mol. The molecule has 0 radical (unpaired) electrons. The van der Waals surface area contributed by atoms with Gasteiger partial charge in [0.15, 0.2) is 11.1 Å². The third kappa shape index (κ3) is 3.71. The number of ether oxygens (including phenoxy) is 1. The predicted octanol–water partition coefficient (Wildman–Crippen LogP) is -0.594. The first-order valence-corrected chi connectivity index (χ1v) is 4.74. The van der Waals surface area contributed by atoms with Gasteiger partial charge >= 0.3 is 12.1 Å². The Morgan fingerprint density at radius 3 is 2.29 bits per heavy atom. The molecule has 0 spiro atoms. The number of aliphatic carboxylic acids is 1. The number of carbonyl (C=O) groups is 2. The summed E-state index contributed by atoms with van der Waals surface area (Å²) in [6, 6.07) is -1.45. The first kappa shape index (κ1) is 12.8. The van der Waals surface area contributed by atoms with Gasteiger partial charge in [-0.15, -0.1) is 0 Å². The summed E-state index contributed by atoms with van der Waals surface area (Å²) in [4.78, 5) is 21.3. The zero-order valence-corrected chi connectivity index (χ0v) is 8.41. The molecule has 8 heteroatoms. The van der Waals surface area contributed by atoms with Crippen LogP contribution in [0.25, 0.3) is 0 Å². The van der Waals surface area contributed by atoms with Gasteiger partial charge in [0.2, 0.25) is 0 Å². The maximum absolute atomic E-state index is 10.7. The lowest BCUT2D eigenvalue weighted by atomic mass is 10.2. The maximum Gasteiger partial charge on any atom is 0.407 e. The third-order valence-electron chi connectivity index (χ3n) is 1.51. The second-order valence-corrected chi connectivity index (χ2v) is 3.73. The molecule has 0 aromatic heterocycles. The van der Waals surface area contributed by atoms with E-state index in [1.54, 1.807) is 0 Å². The minimum Gasteiger partial charge on any atom is -0.480 e. The van der Waals surface area contributed by atoms with Crippen LogP contribution in [0.4, 0.5) is 4.79 Å². The van der Waals surface area contributed by atoms with E-state index in [1.807, 2.05) is 5.32 Å². The average molecular weight is 225 g/mol. The van der Waals surface area contributed by atoms with Crippen LogP contribution in [-0.2, 0) is 20.6 Å². The highest BCUT2D eigenvalue weighted by atomic mass is 32.2. The van der Waals surface area contributed by atoms with Crippen molar-refractivity contribution < 1.29 is 28.2 Å². The largest absolute Gasteiger partial charge is 0.480 e. The van der Waals surface area contributed by atoms with Crippen LogP contribution in [0.2, 0.25) is 0 Å². The molecular formula is C6H11NO6S. The van der Waals surface area contributed by atoms with E-state index in [-0.39, 0.29) is 0 Å². The molecule has 3 unspecified atom stereocenters. The van der Waals surface area contributed by atoms with E-state index in [1.165, 1.54) is 6.92 Å². The van der Waals surface area contributed by atoms with E-state index in [0.717, 1.165) is 7.11 Å². The smallest absolute Gasteiger partial charge is 0.407 e. The maximum atomic E-state index is 10.7. The van der Waals surface area contributed by atoms with E-state index in [2.05, 4.69) is 4.74 Å². The molecule has 0 aliphatic rings. The van der Waals surface area contributed by atoms with Gasteiger partial charge in [0.05, 0.1) is 12.4 Å². The fraction of sp³-hybridized carbons (Fsp3) is 0.667. The first-order valence-electron chi connectivity index (χ1n) is 3.57. The number of alkyl carbamates (subject to hydrolysis) is 1. The summed E-state index contributed by atoms with van der Waals surface area (Å²) in [5.41, 5.74) is 0. The Morgan fingerprint density at radius 1 is 1.50 bits per heavy atom. The number of nitrogens with one attached hydrogen (secondary N) is 1. The first-order chi connectivity index (χ1) is 6.40. The van der Waals surface area contributed by atoms with Gasteiger partial charge in [-0.1, -0.05) is 0 Å². The van der Waals surface area contributed by atoms with Crippen LogP contribution in [0.1, 0.15) is 6.92 Å². The quantitative estimate of drug-likeness (QED) is 0.551. The Labute approximate surface area is 82.7 Å². The Balaban J connectivity index is 4.52. The summed E-state index contributed by atoms with van der Waals surface area (Å²) >= 11 is -2.33. The van der Waals surface area contributed by atoms with Crippen LogP contribution in [0.15, 0.2) is 0 Å². The number of amides is 1. The van der Waals surface area contributed by atoms with Crippen molar-refractivity contribution in [2.24, 2.45) is 0 Å². The van der Waals surface area contributed by atoms with Crippen LogP contribution in [0, 0.1) is 0 Å². The van der Waals surface area contributed by atoms with E-state index in [4.69, 9.17) is 9.66 Å². The van der Waals surface area contributed by atoms with Gasteiger partial charge in [0, 0.05) is 0 Å². The molecule has 14 heavy (non-hydrogen) atoms. The highest BCUT2D eigenvalue weighted by Crippen LogP contribution is 2.01. The summed E-state index contributed by atoms with van der Waals surface area (Å²) in [6.07, 6.45) is -0.963. The van der Waals surface area contributed by atoms with Crippen LogP contribution < -0.4 is 5.32 Å². The monoisotopic (exact) mass is 225 g/mol. The van der Waals surface area contributed by atoms with Gasteiger partial charge in [-0.25, -0.2) is 13.8 Å². The standard InChI is InChI=1S/C6H11NO6S/c1-3(14(11)12)4(5(8)9)7-6(10)13-2/h3-4H,1-2H3,(H,7,10)(H,8,9)(H,11,12). The lowest BCUT2D eigenvalue weighted by Gasteiger charge is -2.17. The minimum absolute atomic E-state index is 0.963. The molecule has 0 aliphatic carbocycles. The van der Waals surface area contributed by atoms with Crippen LogP contribution in [-0.4, -0.2) is 44.3 Å². The molecule has 0 heterocycles. The number of rotatable bonds is 4. The van der Waals surface area contributed by atoms with Crippen LogP contribution in [0.5, 0.6) is 0 Å². The molecule has 7 nitrogen and oxygen atoms in total. The van der Waals surface area contributed by atoms with E-state index >= 15 is 0 Å². The van der Waals surface area contributed by atoms with E-state index < -0.39 is 34.4 Å². The van der Waals surface area contributed by atoms with Crippen molar-refractivity contribution in [3.8, 4) is 0 Å². The van der Waals surface area contributed by atoms with Gasteiger partial charge in [-0.3, -0.25) is 0 Å². The fourth-order valence-corrected chi connectivity index (χ4v) is 1.10. The second-order valence-electron chi connectivity index (χ2n) is 2.43. The molecule has 0 bridgehead atoms. The van der Waals surface area contributed by atoms with Crippen molar-refractivity contribution in [3.63, 3.8) is 0 Å². The number of methoxy groups -OCH3 is 1. The van der Waals surface area contributed by atoms with E-state index in [9.17, 15) is 13.8 Å². The molecule has 0 rings (SSSR count). The highest BCUT2D eigenvalue weighted by Gasteiger charge is 2.30. The zero-order valence-electron chi connectivity index (χ0n) is 7.59. The van der Waals surface area contributed by atoms with Crippen molar-refractivity contribution in [2.75, 3.05) is 7.11 Å². The summed E-state index contributed by atoms with van der Waals surface area (Å²) in [5.74, 6) is -1.40. The van der Waals surface area contributed by atoms with Crippen molar-refractivity contribution in [3.05, 3.63) is 0 Å². The van der Waals surface area contributed by atoms with Crippen LogP contribution in [0.3, 0.4) is 0 Å². The molecule has 3 N–H and O–H groups in total. The highest BCUT2D eigenvalue weighted by molar-refractivity contribution is 7.80. The number of carbonyl (C=O) groups excluding carboxylic acids is 1. The van der Waals surface area contributed by atoms with E-state index in [0.29, 0.717) is 0 Å². The van der Waals surface area contributed by atoms with Crippen LogP contribution >= 0.6 is 0 Å². The average Bonchev–Trinajstić information content (AvgIpc) is 2.11. The summed E-state index contributed by atoms with van der Waals surface area (Å²) < 4.78 is 23.4. The molecule has 3 atom stereocenters. The minimum atomic E-state index is -2.33. The molecule has 0 aliphatic heterocycles. The zero-order chi connectivity index (χ0) is 11.3. The molecule has 0 aromatic carbocycles. The summed E-state index contributed by atoms with van der Waals surface area (Å²) in [7, 11) is 1.06. The van der Waals surface area contributed by atoms with Gasteiger partial charge in [0.1, 0.15) is 6.04 Å². The third-order valence-corrected chi connectivity index (χ3v) is 2.42.